The van der Waals surface area contributed by atoms with Gasteiger partial charge in [-0.15, -0.1) is 11.3 Å². The third-order valence-corrected chi connectivity index (χ3v) is 10.4. The number of nitrogens with zero attached hydrogens (tertiary/aromatic N) is 4. The average molecular weight is 612 g/mol. The van der Waals surface area contributed by atoms with Crippen LogP contribution in [0.4, 0.5) is 10.5 Å². The van der Waals surface area contributed by atoms with Crippen molar-refractivity contribution in [1.29, 1.82) is 0 Å². The van der Waals surface area contributed by atoms with Gasteiger partial charge < -0.3 is 20.3 Å². The van der Waals surface area contributed by atoms with Crippen molar-refractivity contribution in [1.82, 2.24) is 25.9 Å². The van der Waals surface area contributed by atoms with E-state index in [0.717, 1.165) is 22.2 Å². The summed E-state index contributed by atoms with van der Waals surface area (Å²) in [6, 6.07) is 8.79. The zero-order chi connectivity index (χ0) is 30.0. The van der Waals surface area contributed by atoms with Gasteiger partial charge in [-0.1, -0.05) is 6.07 Å². The molecule has 222 valence electrons. The molecule has 14 heteroatoms. The molecule has 1 aromatic carbocycles. The zero-order valence-electron chi connectivity index (χ0n) is 23.5. The maximum absolute atomic E-state index is 13.7. The number of allylic oxidation sites excluding steroid dienone is 1. The van der Waals surface area contributed by atoms with Crippen LogP contribution in [0.3, 0.4) is 0 Å². The second-order valence-electron chi connectivity index (χ2n) is 10.00. The van der Waals surface area contributed by atoms with Crippen LogP contribution in [0.2, 0.25) is 0 Å². The molecule has 0 bridgehead atoms. The fourth-order valence-corrected chi connectivity index (χ4v) is 8.17. The molecule has 2 aliphatic heterocycles. The number of amides is 2. The Labute approximate surface area is 248 Å². The number of anilines is 1. The molecule has 2 amide bonds. The smallest absolute Gasteiger partial charge is 0.328 e. The number of hydrogen-bond acceptors (Lipinski definition) is 11. The summed E-state index contributed by atoms with van der Waals surface area (Å²) in [6.07, 6.45) is 7.57. The molecule has 4 heterocycles. The van der Waals surface area contributed by atoms with Gasteiger partial charge in [0.25, 0.3) is 0 Å². The first-order valence-electron chi connectivity index (χ1n) is 13.6. The quantitative estimate of drug-likeness (QED) is 0.326. The SMILES string of the molecule is CCNC(=O)NC1(C2CNCCC2(C(=O)OCC)S(C)(=O)=O)N=CC=CN1c1cc(-c2ccccn2)c2scnc2c1. The zero-order valence-corrected chi connectivity index (χ0v) is 25.2. The summed E-state index contributed by atoms with van der Waals surface area (Å²) in [5.74, 6) is -3.74. The van der Waals surface area contributed by atoms with Gasteiger partial charge in [0.05, 0.1) is 33.9 Å². The Morgan fingerprint density at radius 3 is 2.79 bits per heavy atom. The lowest BCUT2D eigenvalue weighted by molar-refractivity contribution is -0.150. The number of hydrogen-bond donors (Lipinski definition) is 3. The van der Waals surface area contributed by atoms with Gasteiger partial charge in [-0.2, -0.15) is 0 Å². The number of thiazole rings is 1. The molecule has 1 fully saturated rings. The molecule has 0 radical (unpaired) electrons. The van der Waals surface area contributed by atoms with Crippen molar-refractivity contribution in [2.75, 3.05) is 37.4 Å². The largest absolute Gasteiger partial charge is 0.465 e. The van der Waals surface area contributed by atoms with E-state index in [-0.39, 0.29) is 26.1 Å². The summed E-state index contributed by atoms with van der Waals surface area (Å²) in [6.45, 7) is 4.01. The Morgan fingerprint density at radius 1 is 1.24 bits per heavy atom. The molecule has 3 unspecified atom stereocenters. The third kappa shape index (κ3) is 5.03. The van der Waals surface area contributed by atoms with E-state index < -0.39 is 38.3 Å². The summed E-state index contributed by atoms with van der Waals surface area (Å²) >= 11 is 1.47. The van der Waals surface area contributed by atoms with E-state index in [1.807, 2.05) is 30.3 Å². The minimum atomic E-state index is -4.11. The highest BCUT2D eigenvalue weighted by Gasteiger charge is 2.65. The number of aromatic nitrogens is 2. The van der Waals surface area contributed by atoms with Crippen molar-refractivity contribution in [3.8, 4) is 11.3 Å². The van der Waals surface area contributed by atoms with E-state index in [9.17, 15) is 18.0 Å². The van der Waals surface area contributed by atoms with Crippen LogP contribution in [0.5, 0.6) is 0 Å². The van der Waals surface area contributed by atoms with Crippen LogP contribution in [0.1, 0.15) is 20.3 Å². The van der Waals surface area contributed by atoms with E-state index in [0.29, 0.717) is 17.7 Å². The van der Waals surface area contributed by atoms with Crippen LogP contribution < -0.4 is 20.9 Å². The Hall–Kier alpha value is -3.88. The molecular weight excluding hydrogens is 578 g/mol. The lowest BCUT2D eigenvalue weighted by Gasteiger charge is -2.53. The molecule has 3 atom stereocenters. The summed E-state index contributed by atoms with van der Waals surface area (Å²) in [7, 11) is -4.11. The van der Waals surface area contributed by atoms with Gasteiger partial charge in [-0.25, -0.2) is 23.2 Å². The number of pyridine rings is 1. The molecule has 42 heavy (non-hydrogen) atoms. The third-order valence-electron chi connectivity index (χ3n) is 7.58. The molecule has 0 aliphatic carbocycles. The Balaban J connectivity index is 1.77. The van der Waals surface area contributed by atoms with Crippen molar-refractivity contribution in [2.24, 2.45) is 10.9 Å². The minimum Gasteiger partial charge on any atom is -0.465 e. The summed E-state index contributed by atoms with van der Waals surface area (Å²) in [4.78, 5) is 42.6. The van der Waals surface area contributed by atoms with Gasteiger partial charge in [-0.05, 0) is 57.2 Å². The molecule has 3 N–H and O–H groups in total. The first-order chi connectivity index (χ1) is 20.2. The van der Waals surface area contributed by atoms with Crippen LogP contribution >= 0.6 is 11.3 Å². The number of benzene rings is 1. The lowest BCUT2D eigenvalue weighted by atomic mass is 9.78. The van der Waals surface area contributed by atoms with Gasteiger partial charge in [0.15, 0.2) is 14.6 Å². The van der Waals surface area contributed by atoms with E-state index in [1.165, 1.54) is 17.6 Å². The maximum Gasteiger partial charge on any atom is 0.328 e. The molecule has 0 spiro atoms. The van der Waals surface area contributed by atoms with E-state index in [2.05, 4.69) is 25.9 Å². The molecule has 5 rings (SSSR count). The monoisotopic (exact) mass is 611 g/mol. The standard InChI is InChI=1S/C28H33N7O5S2/c1-4-30-26(37)34-28(23-17-29-13-10-27(23,42(3,38)39)25(36)40-5-2)33-12-8-14-35(28)19-15-20(21-9-6-7-11-31-21)24-22(16-19)32-18-41-24/h6-9,11-12,14-16,18,23,29H,4-5,10,13,17H2,1-3H3,(H2,30,34,37). The van der Waals surface area contributed by atoms with E-state index >= 15 is 0 Å². The number of esters is 1. The van der Waals surface area contributed by atoms with E-state index in [4.69, 9.17) is 9.73 Å². The van der Waals surface area contributed by atoms with Crippen molar-refractivity contribution in [3.63, 3.8) is 0 Å². The Morgan fingerprint density at radius 2 is 2.07 bits per heavy atom. The summed E-state index contributed by atoms with van der Waals surface area (Å²) in [5.41, 5.74) is 4.52. The van der Waals surface area contributed by atoms with Crippen LogP contribution in [0.25, 0.3) is 21.5 Å². The predicted molar refractivity (Wildman–Crippen MR) is 163 cm³/mol. The van der Waals surface area contributed by atoms with Crippen molar-refractivity contribution in [3.05, 3.63) is 54.3 Å². The number of piperidine rings is 1. The second kappa shape index (κ2) is 11.8. The molecule has 2 aromatic heterocycles. The second-order valence-corrected chi connectivity index (χ2v) is 13.1. The number of urea groups is 1. The topological polar surface area (TPSA) is 155 Å². The summed E-state index contributed by atoms with van der Waals surface area (Å²) in [5, 5.41) is 8.92. The van der Waals surface area contributed by atoms with Gasteiger partial charge in [-0.3, -0.25) is 15.1 Å². The van der Waals surface area contributed by atoms with Crippen LogP contribution in [0, 0.1) is 5.92 Å². The van der Waals surface area contributed by atoms with Gasteiger partial charge in [0.2, 0.25) is 5.79 Å². The van der Waals surface area contributed by atoms with Gasteiger partial charge in [0.1, 0.15) is 0 Å². The van der Waals surface area contributed by atoms with E-state index in [1.54, 1.807) is 42.7 Å². The molecule has 0 saturated carbocycles. The highest BCUT2D eigenvalue weighted by molar-refractivity contribution is 7.92. The predicted octanol–water partition coefficient (Wildman–Crippen LogP) is 2.69. The maximum atomic E-state index is 13.7. The molecule has 1 saturated heterocycles. The first kappa shape index (κ1) is 29.6. The molecule has 3 aromatic rings. The highest BCUT2D eigenvalue weighted by atomic mass is 32.2. The van der Waals surface area contributed by atoms with Crippen LogP contribution in [-0.4, -0.2) is 79.6 Å². The fraction of sp³-hybridized carbons (Fsp3) is 0.393. The van der Waals surface area contributed by atoms with Gasteiger partial charge in [0, 0.05) is 49.2 Å². The Bertz CT molecular complexity index is 1640. The molecule has 2 aliphatic rings. The van der Waals surface area contributed by atoms with Crippen LogP contribution in [0.15, 0.2) is 59.3 Å². The number of carbonyl (C=O) groups is 2. The number of carbonyl (C=O) groups excluding carboxylic acids is 2. The highest BCUT2D eigenvalue weighted by Crippen LogP contribution is 2.46. The first-order valence-corrected chi connectivity index (χ1v) is 16.4. The number of nitrogens with one attached hydrogen (secondary N) is 3. The fourth-order valence-electron chi connectivity index (χ4n) is 5.77. The molecule has 12 nitrogen and oxygen atoms in total. The summed E-state index contributed by atoms with van der Waals surface area (Å²) < 4.78 is 31.7. The molecular formula is C28H33N7O5S2. The van der Waals surface area contributed by atoms with Gasteiger partial charge >= 0.3 is 12.0 Å². The van der Waals surface area contributed by atoms with Crippen molar-refractivity contribution >= 4 is 55.3 Å². The number of sulfone groups is 1. The van der Waals surface area contributed by atoms with Crippen molar-refractivity contribution < 1.29 is 22.7 Å². The average Bonchev–Trinajstić information content (AvgIpc) is 3.46. The van der Waals surface area contributed by atoms with Crippen molar-refractivity contribution in [2.45, 2.75) is 30.8 Å². The minimum absolute atomic E-state index is 0.00614. The number of rotatable bonds is 8. The lowest BCUT2D eigenvalue weighted by Crippen LogP contribution is -2.75. The number of fused-ring (bicyclic) bond motifs is 1. The number of ether oxygens (including phenoxy) is 1. The normalized spacial score (nSPS) is 24.0. The number of aliphatic imine (C=N–C) groups is 1. The Kier molecular flexibility index (Phi) is 8.30. The van der Waals surface area contributed by atoms with Crippen LogP contribution in [-0.2, 0) is 19.4 Å².